The molecule has 0 aliphatic heterocycles. The van der Waals surface area contributed by atoms with Crippen molar-refractivity contribution in [2.24, 2.45) is 22.9 Å². The molecule has 2 amide bonds. The van der Waals surface area contributed by atoms with Crippen LogP contribution in [0.4, 0.5) is 0 Å². The van der Waals surface area contributed by atoms with E-state index in [-0.39, 0.29) is 65.6 Å². The van der Waals surface area contributed by atoms with Crippen molar-refractivity contribution in [2.75, 3.05) is 13.1 Å². The van der Waals surface area contributed by atoms with Gasteiger partial charge in [-0.15, -0.1) is 0 Å². The summed E-state index contributed by atoms with van der Waals surface area (Å²) in [4.78, 5) is 18.9. The molecule has 0 aromatic rings. The molecule has 0 fully saturated rings. The Labute approximate surface area is 110 Å². The van der Waals surface area contributed by atoms with E-state index < -0.39 is 11.8 Å². The first kappa shape index (κ1) is 46.2. The summed E-state index contributed by atoms with van der Waals surface area (Å²) in [6.45, 7) is -0.111. The van der Waals surface area contributed by atoms with Crippen LogP contribution in [0.3, 0.4) is 0 Å². The van der Waals surface area contributed by atoms with Gasteiger partial charge in [-0.2, -0.15) is 0 Å². The summed E-state index contributed by atoms with van der Waals surface area (Å²) in [7, 11) is 0. The largest absolute Gasteiger partial charge is 2.00 e. The molecular formula is C4H18Cl2CoN4O4+2. The normalized spacial score (nSPS) is 4.93. The molecule has 0 aliphatic rings. The summed E-state index contributed by atoms with van der Waals surface area (Å²) >= 11 is 0. The summed E-state index contributed by atoms with van der Waals surface area (Å²) in [5.41, 5.74) is 18.4. The molecule has 0 rings (SSSR count). The Bertz CT molecular complexity index is 117. The molecule has 0 heterocycles. The van der Waals surface area contributed by atoms with Gasteiger partial charge in [0.1, 0.15) is 0 Å². The molecule has 0 spiro atoms. The van der Waals surface area contributed by atoms with Gasteiger partial charge in [0.15, 0.2) is 0 Å². The molecule has 0 saturated carbocycles. The topological polar surface area (TPSA) is 204 Å². The fraction of sp³-hybridized carbons (Fsp3) is 0.500. The Morgan fingerprint density at radius 2 is 0.867 bits per heavy atom. The second kappa shape index (κ2) is 37.1. The van der Waals surface area contributed by atoms with E-state index in [2.05, 4.69) is 11.5 Å². The first-order valence-electron chi connectivity index (χ1n) is 2.51. The van der Waals surface area contributed by atoms with E-state index in [0.717, 1.165) is 0 Å². The van der Waals surface area contributed by atoms with Gasteiger partial charge in [-0.1, -0.05) is 0 Å². The zero-order chi connectivity index (χ0) is 8.57. The number of hydrogen-bond acceptors (Lipinski definition) is 4. The molecule has 0 bridgehead atoms. The average Bonchev–Trinajstić information content (AvgIpc) is 1.89. The van der Waals surface area contributed by atoms with Gasteiger partial charge in [0.25, 0.3) is 0 Å². The van der Waals surface area contributed by atoms with Crippen molar-refractivity contribution in [1.82, 2.24) is 0 Å². The van der Waals surface area contributed by atoms with E-state index in [4.69, 9.17) is 11.5 Å². The summed E-state index contributed by atoms with van der Waals surface area (Å²) < 4.78 is 0. The molecule has 0 aromatic heterocycles. The van der Waals surface area contributed by atoms with E-state index >= 15 is 0 Å². The van der Waals surface area contributed by atoms with Crippen LogP contribution in [-0.4, -0.2) is 24.9 Å². The zero-order valence-electron chi connectivity index (χ0n) is 7.78. The Hall–Kier alpha value is -0.134. The molecule has 99 valence electrons. The number of carbonyl (C=O) groups is 2. The van der Waals surface area contributed by atoms with Crippen LogP contribution in [-0.2, 0) is 37.3 Å². The standard InChI is InChI=1S/2C2H6N2O.2ClH.Co.2H2O/c2*3-1-2(4)5;;;;;/h2*1,3H2,(H2,4,5);2*1H;;2*1H2/q;;;;+2;;. The van der Waals surface area contributed by atoms with Gasteiger partial charge in [-0.05, 0) is 0 Å². The van der Waals surface area contributed by atoms with Crippen LogP contribution in [0.2, 0.25) is 0 Å². The van der Waals surface area contributed by atoms with Crippen LogP contribution in [0.1, 0.15) is 0 Å². The van der Waals surface area contributed by atoms with Gasteiger partial charge < -0.3 is 58.7 Å². The van der Waals surface area contributed by atoms with Gasteiger partial charge in [-0.3, -0.25) is 9.59 Å². The fourth-order valence-corrected chi connectivity index (χ4v) is 0. The Kier molecular flexibility index (Phi) is 114. The Morgan fingerprint density at radius 1 is 0.800 bits per heavy atom. The van der Waals surface area contributed by atoms with E-state index in [1.165, 1.54) is 0 Å². The van der Waals surface area contributed by atoms with Crippen LogP contribution in [0.25, 0.3) is 0 Å². The van der Waals surface area contributed by atoms with Gasteiger partial charge >= 0.3 is 16.8 Å². The van der Waals surface area contributed by atoms with E-state index in [1.54, 1.807) is 0 Å². The van der Waals surface area contributed by atoms with Gasteiger partial charge in [0.05, 0.1) is 13.1 Å². The van der Waals surface area contributed by atoms with E-state index in [1.807, 2.05) is 0 Å². The summed E-state index contributed by atoms with van der Waals surface area (Å²) in [6.07, 6.45) is 0. The predicted octanol–water partition coefficient (Wildman–Crippen LogP) is -11.0. The first-order chi connectivity index (χ1) is 4.54. The minimum absolute atomic E-state index is 0. The van der Waals surface area contributed by atoms with Crippen molar-refractivity contribution in [3.8, 4) is 0 Å². The number of hydrogen-bond donors (Lipinski definition) is 4. The fourth-order valence-electron chi connectivity index (χ4n) is 0. The van der Waals surface area contributed by atoms with Crippen LogP contribution in [0, 0.1) is 0 Å². The molecule has 0 aromatic carbocycles. The number of halogens is 2. The third kappa shape index (κ3) is 131. The second-order valence-electron chi connectivity index (χ2n) is 1.34. The molecular weight excluding hydrogens is 298 g/mol. The molecule has 0 saturated heterocycles. The van der Waals surface area contributed by atoms with Crippen LogP contribution >= 0.6 is 0 Å². The first-order valence-corrected chi connectivity index (χ1v) is 2.51. The summed E-state index contributed by atoms with van der Waals surface area (Å²) in [6, 6.07) is 0. The molecule has 0 unspecified atom stereocenters. The molecule has 15 heavy (non-hydrogen) atoms. The maximum absolute atomic E-state index is 9.47. The van der Waals surface area contributed by atoms with Gasteiger partial charge in [-0.25, -0.2) is 0 Å². The molecule has 0 aliphatic carbocycles. The van der Waals surface area contributed by atoms with Crippen molar-refractivity contribution in [1.29, 1.82) is 0 Å². The SMILES string of the molecule is NCC(N)=O.NCC(N)=O.[Cl-].[Cl-].[Co+2].[OH3+].[OH3+]. The van der Waals surface area contributed by atoms with Crippen molar-refractivity contribution >= 4 is 11.8 Å². The monoisotopic (exact) mass is 315 g/mol. The van der Waals surface area contributed by atoms with Crippen molar-refractivity contribution in [2.45, 2.75) is 0 Å². The second-order valence-corrected chi connectivity index (χ2v) is 1.34. The number of primary amides is 2. The van der Waals surface area contributed by atoms with Crippen molar-refractivity contribution < 1.29 is 62.1 Å². The number of nitrogens with two attached hydrogens (primary N) is 4. The summed E-state index contributed by atoms with van der Waals surface area (Å²) in [5.74, 6) is -0.935. The average molecular weight is 316 g/mol. The zero-order valence-corrected chi connectivity index (χ0v) is 10.3. The van der Waals surface area contributed by atoms with Gasteiger partial charge in [0.2, 0.25) is 11.8 Å². The number of amides is 2. The number of carbonyl (C=O) groups excluding carboxylic acids is 2. The van der Waals surface area contributed by atoms with Crippen LogP contribution in [0.15, 0.2) is 0 Å². The van der Waals surface area contributed by atoms with Crippen molar-refractivity contribution in [3.63, 3.8) is 0 Å². The Balaban J connectivity index is -0.0000000128. The maximum atomic E-state index is 9.47. The van der Waals surface area contributed by atoms with Crippen LogP contribution < -0.4 is 47.7 Å². The smallest absolute Gasteiger partial charge is 1.00 e. The van der Waals surface area contributed by atoms with Crippen molar-refractivity contribution in [3.05, 3.63) is 0 Å². The molecule has 0 atom stereocenters. The quantitative estimate of drug-likeness (QED) is 0.366. The third-order valence-electron chi connectivity index (χ3n) is 0.402. The van der Waals surface area contributed by atoms with E-state index in [9.17, 15) is 9.59 Å². The van der Waals surface area contributed by atoms with Gasteiger partial charge in [0, 0.05) is 0 Å². The molecule has 1 radical (unpaired) electrons. The third-order valence-corrected chi connectivity index (χ3v) is 0.402. The molecule has 11 heteroatoms. The number of rotatable bonds is 2. The van der Waals surface area contributed by atoms with E-state index in [0.29, 0.717) is 0 Å². The Morgan fingerprint density at radius 3 is 0.867 bits per heavy atom. The van der Waals surface area contributed by atoms with Crippen LogP contribution in [0.5, 0.6) is 0 Å². The molecule has 14 N–H and O–H groups in total. The minimum atomic E-state index is -0.468. The summed E-state index contributed by atoms with van der Waals surface area (Å²) in [5, 5.41) is 0. The maximum Gasteiger partial charge on any atom is 2.00 e. The predicted molar refractivity (Wildman–Crippen MR) is 46.2 cm³/mol. The molecule has 8 nitrogen and oxygen atoms in total. The minimum Gasteiger partial charge on any atom is -1.00 e.